The molecule has 0 aliphatic heterocycles. The SMILES string of the molecule is OC(Cc1cccc(F)c1)c1ccc(OC(F)F)cc1. The van der Waals surface area contributed by atoms with Crippen molar-refractivity contribution in [2.24, 2.45) is 0 Å². The molecule has 0 heterocycles. The molecule has 20 heavy (non-hydrogen) atoms. The van der Waals surface area contributed by atoms with Crippen LogP contribution in [0.4, 0.5) is 13.2 Å². The summed E-state index contributed by atoms with van der Waals surface area (Å²) in [5.74, 6) is -0.336. The number of aliphatic hydroxyl groups excluding tert-OH is 1. The van der Waals surface area contributed by atoms with Gasteiger partial charge >= 0.3 is 6.61 Å². The van der Waals surface area contributed by atoms with Gasteiger partial charge in [0.2, 0.25) is 0 Å². The molecule has 2 nitrogen and oxygen atoms in total. The van der Waals surface area contributed by atoms with Gasteiger partial charge in [0, 0.05) is 6.42 Å². The van der Waals surface area contributed by atoms with Gasteiger partial charge < -0.3 is 9.84 Å². The van der Waals surface area contributed by atoms with Crippen LogP contribution in [0.5, 0.6) is 5.75 Å². The number of hydrogen-bond donors (Lipinski definition) is 1. The fourth-order valence-corrected chi connectivity index (χ4v) is 1.88. The molecule has 0 saturated heterocycles. The molecular weight excluding hydrogens is 269 g/mol. The molecule has 2 rings (SSSR count). The Balaban J connectivity index is 2.03. The fraction of sp³-hybridized carbons (Fsp3) is 0.200. The third-order valence-electron chi connectivity index (χ3n) is 2.81. The average Bonchev–Trinajstić information content (AvgIpc) is 2.38. The molecule has 0 fully saturated rings. The van der Waals surface area contributed by atoms with Crippen LogP contribution in [-0.4, -0.2) is 11.7 Å². The molecule has 2 aromatic carbocycles. The van der Waals surface area contributed by atoms with Crippen molar-refractivity contribution in [3.05, 3.63) is 65.5 Å². The van der Waals surface area contributed by atoms with Gasteiger partial charge in [-0.1, -0.05) is 24.3 Å². The lowest BCUT2D eigenvalue weighted by atomic mass is 10.0. The normalized spacial score (nSPS) is 12.4. The van der Waals surface area contributed by atoms with Gasteiger partial charge in [-0.25, -0.2) is 4.39 Å². The average molecular weight is 282 g/mol. The van der Waals surface area contributed by atoms with Crippen LogP contribution >= 0.6 is 0 Å². The summed E-state index contributed by atoms with van der Waals surface area (Å²) < 4.78 is 41.2. The van der Waals surface area contributed by atoms with Gasteiger partial charge in [-0.3, -0.25) is 0 Å². The van der Waals surface area contributed by atoms with Crippen LogP contribution < -0.4 is 4.74 Å². The summed E-state index contributed by atoms with van der Waals surface area (Å²) in [4.78, 5) is 0. The van der Waals surface area contributed by atoms with Gasteiger partial charge in [-0.15, -0.1) is 0 Å². The first-order valence-electron chi connectivity index (χ1n) is 6.02. The minimum atomic E-state index is -2.88. The topological polar surface area (TPSA) is 29.5 Å². The first kappa shape index (κ1) is 14.4. The number of aliphatic hydroxyl groups is 1. The lowest BCUT2D eigenvalue weighted by Crippen LogP contribution is -2.04. The molecule has 0 bridgehead atoms. The Hall–Kier alpha value is -2.01. The quantitative estimate of drug-likeness (QED) is 0.906. The van der Waals surface area contributed by atoms with Crippen molar-refractivity contribution in [1.29, 1.82) is 0 Å². The zero-order valence-corrected chi connectivity index (χ0v) is 10.5. The number of ether oxygens (including phenoxy) is 1. The summed E-state index contributed by atoms with van der Waals surface area (Å²) in [6.07, 6.45) is -0.593. The van der Waals surface area contributed by atoms with Crippen molar-refractivity contribution in [3.8, 4) is 5.75 Å². The Morgan fingerprint density at radius 1 is 1.05 bits per heavy atom. The van der Waals surface area contributed by atoms with E-state index in [0.717, 1.165) is 0 Å². The third kappa shape index (κ3) is 3.99. The predicted octanol–water partition coefficient (Wildman–Crippen LogP) is 3.70. The summed E-state index contributed by atoms with van der Waals surface area (Å²) >= 11 is 0. The van der Waals surface area contributed by atoms with Crippen LogP contribution in [0.25, 0.3) is 0 Å². The van der Waals surface area contributed by atoms with Gasteiger partial charge in [0.05, 0.1) is 6.10 Å². The zero-order valence-electron chi connectivity index (χ0n) is 10.5. The zero-order chi connectivity index (χ0) is 14.5. The van der Waals surface area contributed by atoms with E-state index in [2.05, 4.69) is 4.74 Å². The van der Waals surface area contributed by atoms with Gasteiger partial charge in [-0.2, -0.15) is 8.78 Å². The number of alkyl halides is 2. The summed E-state index contributed by atoms with van der Waals surface area (Å²) in [5.41, 5.74) is 1.21. The first-order valence-corrected chi connectivity index (χ1v) is 6.02. The fourth-order valence-electron chi connectivity index (χ4n) is 1.88. The molecule has 1 unspecified atom stereocenters. The Labute approximate surface area is 114 Å². The second-order valence-electron chi connectivity index (χ2n) is 4.30. The Kier molecular flexibility index (Phi) is 4.63. The van der Waals surface area contributed by atoms with E-state index in [1.54, 1.807) is 12.1 Å². The van der Waals surface area contributed by atoms with Crippen molar-refractivity contribution in [3.63, 3.8) is 0 Å². The molecule has 0 aromatic heterocycles. The molecule has 0 spiro atoms. The van der Waals surface area contributed by atoms with Gasteiger partial charge in [0.15, 0.2) is 0 Å². The van der Waals surface area contributed by atoms with Crippen LogP contribution in [0.3, 0.4) is 0 Å². The smallest absolute Gasteiger partial charge is 0.387 e. The number of halogens is 3. The van der Waals surface area contributed by atoms with Crippen molar-refractivity contribution in [1.82, 2.24) is 0 Å². The van der Waals surface area contributed by atoms with E-state index in [4.69, 9.17) is 0 Å². The highest BCUT2D eigenvalue weighted by atomic mass is 19.3. The van der Waals surface area contributed by atoms with E-state index >= 15 is 0 Å². The van der Waals surface area contributed by atoms with E-state index in [1.165, 1.54) is 36.4 Å². The van der Waals surface area contributed by atoms with Crippen molar-refractivity contribution in [2.75, 3.05) is 0 Å². The van der Waals surface area contributed by atoms with Crippen LogP contribution in [0.15, 0.2) is 48.5 Å². The maximum atomic E-state index is 13.0. The van der Waals surface area contributed by atoms with Gasteiger partial charge in [-0.05, 0) is 35.4 Å². The first-order chi connectivity index (χ1) is 9.54. The molecule has 0 amide bonds. The number of rotatable bonds is 5. The maximum absolute atomic E-state index is 13.0. The van der Waals surface area contributed by atoms with Crippen LogP contribution in [-0.2, 0) is 6.42 Å². The lowest BCUT2D eigenvalue weighted by molar-refractivity contribution is -0.0498. The highest BCUT2D eigenvalue weighted by Crippen LogP contribution is 2.22. The lowest BCUT2D eigenvalue weighted by Gasteiger charge is -2.12. The van der Waals surface area contributed by atoms with Crippen molar-refractivity contribution in [2.45, 2.75) is 19.1 Å². The standard InChI is InChI=1S/C15H13F3O2/c16-12-3-1-2-10(8-12)9-14(19)11-4-6-13(7-5-11)20-15(17)18/h1-8,14-15,19H,9H2. The summed E-state index contributed by atoms with van der Waals surface area (Å²) in [5, 5.41) is 10.0. The molecule has 0 radical (unpaired) electrons. The van der Waals surface area contributed by atoms with E-state index in [0.29, 0.717) is 11.1 Å². The maximum Gasteiger partial charge on any atom is 0.387 e. The van der Waals surface area contributed by atoms with E-state index in [1.807, 2.05) is 0 Å². The van der Waals surface area contributed by atoms with E-state index in [9.17, 15) is 18.3 Å². The van der Waals surface area contributed by atoms with Gasteiger partial charge in [0.1, 0.15) is 11.6 Å². The molecule has 2 aromatic rings. The Bertz CT molecular complexity index is 555. The monoisotopic (exact) mass is 282 g/mol. The molecule has 5 heteroatoms. The molecule has 0 saturated carbocycles. The Morgan fingerprint density at radius 3 is 2.35 bits per heavy atom. The molecule has 0 aliphatic rings. The van der Waals surface area contributed by atoms with E-state index < -0.39 is 12.7 Å². The Morgan fingerprint density at radius 2 is 1.75 bits per heavy atom. The minimum Gasteiger partial charge on any atom is -0.435 e. The van der Waals surface area contributed by atoms with E-state index in [-0.39, 0.29) is 18.0 Å². The molecule has 1 atom stereocenters. The van der Waals surface area contributed by atoms with Gasteiger partial charge in [0.25, 0.3) is 0 Å². The molecule has 106 valence electrons. The van der Waals surface area contributed by atoms with Crippen LogP contribution in [0, 0.1) is 5.82 Å². The summed E-state index contributed by atoms with van der Waals surface area (Å²) in [6.45, 7) is -2.88. The number of hydrogen-bond acceptors (Lipinski definition) is 2. The number of benzene rings is 2. The second-order valence-corrected chi connectivity index (χ2v) is 4.30. The minimum absolute atomic E-state index is 0.0294. The van der Waals surface area contributed by atoms with Crippen LogP contribution in [0.2, 0.25) is 0 Å². The second kappa shape index (κ2) is 6.43. The van der Waals surface area contributed by atoms with Crippen molar-refractivity contribution < 1.29 is 23.0 Å². The predicted molar refractivity (Wildman–Crippen MR) is 68.1 cm³/mol. The largest absolute Gasteiger partial charge is 0.435 e. The van der Waals surface area contributed by atoms with Crippen LogP contribution in [0.1, 0.15) is 17.2 Å². The summed E-state index contributed by atoms with van der Waals surface area (Å²) in [7, 11) is 0. The van der Waals surface area contributed by atoms with Crippen molar-refractivity contribution >= 4 is 0 Å². The molecule has 1 N–H and O–H groups in total. The molecular formula is C15H13F3O2. The molecule has 0 aliphatic carbocycles. The highest BCUT2D eigenvalue weighted by molar-refractivity contribution is 5.29. The third-order valence-corrected chi connectivity index (χ3v) is 2.81. The highest BCUT2D eigenvalue weighted by Gasteiger charge is 2.10. The summed E-state index contributed by atoms with van der Waals surface area (Å²) in [6, 6.07) is 11.7.